The van der Waals surface area contributed by atoms with Crippen LogP contribution in [0.15, 0.2) is 58.8 Å². The monoisotopic (exact) mass is 497 g/mol. The van der Waals surface area contributed by atoms with E-state index in [1.165, 1.54) is 6.07 Å². The first-order valence-electron chi connectivity index (χ1n) is 9.68. The van der Waals surface area contributed by atoms with Crippen molar-refractivity contribution in [3.63, 3.8) is 0 Å². The predicted octanol–water partition coefficient (Wildman–Crippen LogP) is 4.74. The summed E-state index contributed by atoms with van der Waals surface area (Å²) in [5.74, 6) is 0.607. The van der Waals surface area contributed by atoms with Crippen molar-refractivity contribution in [1.29, 1.82) is 0 Å². The molecule has 0 spiro atoms. The van der Waals surface area contributed by atoms with Crippen molar-refractivity contribution in [3.8, 4) is 10.8 Å². The Labute approximate surface area is 195 Å². The summed E-state index contributed by atoms with van der Waals surface area (Å²) < 4.78 is 34.0. The van der Waals surface area contributed by atoms with Gasteiger partial charge in [-0.2, -0.15) is 0 Å². The van der Waals surface area contributed by atoms with E-state index >= 15 is 0 Å². The van der Waals surface area contributed by atoms with Gasteiger partial charge in [0.2, 0.25) is 5.06 Å². The first kappa shape index (κ1) is 22.4. The molecule has 1 aliphatic heterocycles. The topological polar surface area (TPSA) is 70.7 Å². The van der Waals surface area contributed by atoms with Crippen LogP contribution in [0.4, 0.5) is 5.69 Å². The summed E-state index contributed by atoms with van der Waals surface area (Å²) in [6.07, 6.45) is 0. The van der Waals surface area contributed by atoms with E-state index in [4.69, 9.17) is 27.9 Å². The second-order valence-electron chi connectivity index (χ2n) is 6.99. The third-order valence-corrected chi connectivity index (χ3v) is 8.28. The number of sulfonamides is 1. The van der Waals surface area contributed by atoms with Gasteiger partial charge >= 0.3 is 0 Å². The minimum atomic E-state index is -3.74. The first-order valence-corrected chi connectivity index (χ1v) is 12.7. The molecule has 0 atom stereocenters. The summed E-state index contributed by atoms with van der Waals surface area (Å²) in [6.45, 7) is 3.84. The van der Waals surface area contributed by atoms with Crippen molar-refractivity contribution in [2.75, 3.05) is 31.1 Å². The fourth-order valence-corrected chi connectivity index (χ4v) is 6.08. The molecule has 0 aliphatic carbocycles. The van der Waals surface area contributed by atoms with Gasteiger partial charge in [0.25, 0.3) is 10.0 Å². The van der Waals surface area contributed by atoms with E-state index in [-0.39, 0.29) is 15.8 Å². The van der Waals surface area contributed by atoms with Crippen molar-refractivity contribution in [1.82, 2.24) is 10.0 Å². The number of anilines is 1. The SMILES string of the molecule is O=S(=O)(NCc1cccc(Cl)c1)c1cc(Cl)c(Oc2cccc(N3CCNCC3)c2)s1. The van der Waals surface area contributed by atoms with Gasteiger partial charge in [0.05, 0.1) is 5.02 Å². The predicted molar refractivity (Wildman–Crippen MR) is 126 cm³/mol. The van der Waals surface area contributed by atoms with Crippen LogP contribution in [0.5, 0.6) is 10.8 Å². The Kier molecular flexibility index (Phi) is 7.05. The van der Waals surface area contributed by atoms with Gasteiger partial charge in [-0.25, -0.2) is 13.1 Å². The maximum Gasteiger partial charge on any atom is 0.250 e. The number of benzene rings is 2. The maximum absolute atomic E-state index is 12.7. The van der Waals surface area contributed by atoms with E-state index in [0.29, 0.717) is 15.8 Å². The number of thiophene rings is 1. The van der Waals surface area contributed by atoms with Gasteiger partial charge < -0.3 is 15.0 Å². The van der Waals surface area contributed by atoms with E-state index in [1.54, 1.807) is 24.3 Å². The summed E-state index contributed by atoms with van der Waals surface area (Å²) in [5, 5.41) is 4.47. The van der Waals surface area contributed by atoms with Gasteiger partial charge in [-0.05, 0) is 35.9 Å². The third kappa shape index (κ3) is 5.71. The average molecular weight is 498 g/mol. The number of hydrogen-bond donors (Lipinski definition) is 2. The molecular weight excluding hydrogens is 477 g/mol. The van der Waals surface area contributed by atoms with Crippen molar-refractivity contribution in [2.45, 2.75) is 10.8 Å². The number of halogens is 2. The van der Waals surface area contributed by atoms with Crippen LogP contribution in [0, 0.1) is 0 Å². The second-order valence-corrected chi connectivity index (χ2v) is 10.8. The van der Waals surface area contributed by atoms with Gasteiger partial charge in [0, 0.05) is 49.5 Å². The fraction of sp³-hybridized carbons (Fsp3) is 0.238. The molecule has 164 valence electrons. The zero-order chi connectivity index (χ0) is 21.8. The molecule has 2 N–H and O–H groups in total. The van der Waals surface area contributed by atoms with Crippen LogP contribution in [0.25, 0.3) is 0 Å². The largest absolute Gasteiger partial charge is 0.445 e. The molecule has 1 aromatic heterocycles. The Morgan fingerprint density at radius 2 is 1.84 bits per heavy atom. The number of nitrogens with one attached hydrogen (secondary N) is 2. The van der Waals surface area contributed by atoms with E-state index < -0.39 is 10.0 Å². The number of ether oxygens (including phenoxy) is 1. The van der Waals surface area contributed by atoms with E-state index in [2.05, 4.69) is 14.9 Å². The normalized spacial score (nSPS) is 14.6. The number of nitrogens with zero attached hydrogens (tertiary/aromatic N) is 1. The van der Waals surface area contributed by atoms with Crippen molar-refractivity contribution in [2.24, 2.45) is 0 Å². The van der Waals surface area contributed by atoms with Crippen molar-refractivity contribution >= 4 is 50.2 Å². The molecule has 1 fully saturated rings. The lowest BCUT2D eigenvalue weighted by Gasteiger charge is -2.29. The molecule has 2 aromatic carbocycles. The van der Waals surface area contributed by atoms with Crippen molar-refractivity contribution < 1.29 is 13.2 Å². The molecule has 31 heavy (non-hydrogen) atoms. The summed E-state index contributed by atoms with van der Waals surface area (Å²) in [7, 11) is -3.74. The highest BCUT2D eigenvalue weighted by Gasteiger charge is 2.21. The molecule has 0 saturated carbocycles. The van der Waals surface area contributed by atoms with Gasteiger partial charge in [-0.1, -0.05) is 52.7 Å². The Hall–Kier alpha value is -1.81. The van der Waals surface area contributed by atoms with Crippen LogP contribution in [-0.2, 0) is 16.6 Å². The minimum Gasteiger partial charge on any atom is -0.445 e. The lowest BCUT2D eigenvalue weighted by molar-refractivity contribution is 0.496. The zero-order valence-electron chi connectivity index (χ0n) is 16.5. The third-order valence-electron chi connectivity index (χ3n) is 4.76. The van der Waals surface area contributed by atoms with Gasteiger partial charge in [0.15, 0.2) is 0 Å². The number of hydrogen-bond acceptors (Lipinski definition) is 6. The summed E-state index contributed by atoms with van der Waals surface area (Å²) in [6, 6.07) is 16.1. The molecular formula is C21H21Cl2N3O3S2. The molecule has 2 heterocycles. The Bertz CT molecular complexity index is 1160. The van der Waals surface area contributed by atoms with Crippen LogP contribution in [0.1, 0.15) is 5.56 Å². The average Bonchev–Trinajstić information content (AvgIpc) is 3.14. The molecule has 6 nitrogen and oxygen atoms in total. The Morgan fingerprint density at radius 3 is 2.61 bits per heavy atom. The molecule has 4 rings (SSSR count). The fourth-order valence-electron chi connectivity index (χ4n) is 3.20. The number of piperazine rings is 1. The lowest BCUT2D eigenvalue weighted by atomic mass is 10.2. The summed E-state index contributed by atoms with van der Waals surface area (Å²) >= 11 is 13.2. The smallest absolute Gasteiger partial charge is 0.250 e. The van der Waals surface area contributed by atoms with Crippen LogP contribution in [0.3, 0.4) is 0 Å². The molecule has 0 radical (unpaired) electrons. The summed E-state index contributed by atoms with van der Waals surface area (Å²) in [4.78, 5) is 2.27. The molecule has 3 aromatic rings. The molecule has 1 aliphatic rings. The minimum absolute atomic E-state index is 0.0905. The van der Waals surface area contributed by atoms with Crippen LogP contribution in [0.2, 0.25) is 10.0 Å². The second kappa shape index (κ2) is 9.77. The van der Waals surface area contributed by atoms with Crippen LogP contribution >= 0.6 is 34.5 Å². The van der Waals surface area contributed by atoms with E-state index in [1.807, 2.05) is 24.3 Å². The maximum atomic E-state index is 12.7. The molecule has 1 saturated heterocycles. The lowest BCUT2D eigenvalue weighted by Crippen LogP contribution is -2.43. The van der Waals surface area contributed by atoms with Gasteiger partial charge in [-0.15, -0.1) is 0 Å². The molecule has 0 amide bonds. The van der Waals surface area contributed by atoms with E-state index in [9.17, 15) is 8.42 Å². The quantitative estimate of drug-likeness (QED) is 0.493. The highest BCUT2D eigenvalue weighted by Crippen LogP contribution is 2.40. The highest BCUT2D eigenvalue weighted by molar-refractivity contribution is 7.91. The molecule has 0 bridgehead atoms. The van der Waals surface area contributed by atoms with E-state index in [0.717, 1.165) is 48.8 Å². The van der Waals surface area contributed by atoms with Gasteiger partial charge in [0.1, 0.15) is 9.96 Å². The molecule has 0 unspecified atom stereocenters. The first-order chi connectivity index (χ1) is 14.9. The highest BCUT2D eigenvalue weighted by atomic mass is 35.5. The number of rotatable bonds is 7. The Balaban J connectivity index is 1.47. The van der Waals surface area contributed by atoms with Crippen LogP contribution < -0.4 is 19.7 Å². The Morgan fingerprint density at radius 1 is 1.06 bits per heavy atom. The summed E-state index contributed by atoms with van der Waals surface area (Å²) in [5.41, 5.74) is 1.82. The van der Waals surface area contributed by atoms with Crippen molar-refractivity contribution in [3.05, 3.63) is 70.2 Å². The standard InChI is InChI=1S/C21H21Cl2N3O3S2/c22-16-4-1-3-15(11-16)14-25-31(27,28)20-13-19(23)21(30-20)29-18-6-2-5-17(12-18)26-9-7-24-8-10-26/h1-6,11-13,24-25H,7-10,14H2. The zero-order valence-corrected chi connectivity index (χ0v) is 19.6. The van der Waals surface area contributed by atoms with Crippen LogP contribution in [-0.4, -0.2) is 34.6 Å². The van der Waals surface area contributed by atoms with Gasteiger partial charge in [-0.3, -0.25) is 0 Å². The molecule has 10 heteroatoms.